The third-order valence-corrected chi connectivity index (χ3v) is 7.54. The summed E-state index contributed by atoms with van der Waals surface area (Å²) in [4.78, 5) is 5.18. The van der Waals surface area contributed by atoms with Gasteiger partial charge in [0.2, 0.25) is 9.84 Å². The second-order valence-electron chi connectivity index (χ2n) is 5.94. The molecule has 0 bridgehead atoms. The summed E-state index contributed by atoms with van der Waals surface area (Å²) in [6, 6.07) is 16.2. The molecule has 0 aliphatic rings. The molecule has 0 unspecified atom stereocenters. The van der Waals surface area contributed by atoms with Gasteiger partial charge in [-0.25, -0.2) is 17.8 Å². The van der Waals surface area contributed by atoms with Gasteiger partial charge < -0.3 is 0 Å². The topological polar surface area (TPSA) is 47.0 Å². The van der Waals surface area contributed by atoms with E-state index in [0.29, 0.717) is 16.0 Å². The molecule has 0 atom stereocenters. The third kappa shape index (κ3) is 2.81. The maximum absolute atomic E-state index is 13.4. The third-order valence-electron chi connectivity index (χ3n) is 4.14. The number of aryl methyl sites for hydroxylation is 1. The molecule has 3 nitrogen and oxygen atoms in total. The number of benzene rings is 2. The minimum atomic E-state index is -3.72. The van der Waals surface area contributed by atoms with Crippen molar-refractivity contribution < 1.29 is 12.8 Å². The van der Waals surface area contributed by atoms with Crippen LogP contribution in [0.3, 0.4) is 0 Å². The highest BCUT2D eigenvalue weighted by Gasteiger charge is 2.27. The molecule has 4 rings (SSSR count). The summed E-state index contributed by atoms with van der Waals surface area (Å²) in [6.07, 6.45) is 1.63. The molecule has 6 heteroatoms. The lowest BCUT2D eigenvalue weighted by Gasteiger charge is -2.07. The average molecular weight is 383 g/mol. The molecule has 0 N–H and O–H groups in total. The van der Waals surface area contributed by atoms with Gasteiger partial charge in [-0.3, -0.25) is 0 Å². The lowest BCUT2D eigenvalue weighted by molar-refractivity contribution is 0.598. The number of sulfone groups is 1. The lowest BCUT2D eigenvalue weighted by Crippen LogP contribution is -2.01. The number of thiophene rings is 1. The molecule has 2 aromatic heterocycles. The average Bonchev–Trinajstić information content (AvgIpc) is 3.03. The Hall–Kier alpha value is -2.57. The van der Waals surface area contributed by atoms with Crippen LogP contribution in [0.4, 0.5) is 4.39 Å². The molecule has 4 aromatic rings. The second kappa shape index (κ2) is 6.30. The van der Waals surface area contributed by atoms with Gasteiger partial charge in [0.1, 0.15) is 14.9 Å². The van der Waals surface area contributed by atoms with Gasteiger partial charge in [-0.05, 0) is 48.9 Å². The van der Waals surface area contributed by atoms with Crippen molar-refractivity contribution in [2.45, 2.75) is 16.0 Å². The highest BCUT2D eigenvalue weighted by molar-refractivity contribution is 7.93. The smallest absolute Gasteiger partial charge is 0.216 e. The summed E-state index contributed by atoms with van der Waals surface area (Å²) in [6.45, 7) is 1.91. The van der Waals surface area contributed by atoms with Gasteiger partial charge in [-0.1, -0.05) is 29.8 Å². The van der Waals surface area contributed by atoms with Gasteiger partial charge in [0.25, 0.3) is 0 Å². The quantitative estimate of drug-likeness (QED) is 0.486. The van der Waals surface area contributed by atoms with E-state index >= 15 is 0 Å². The van der Waals surface area contributed by atoms with Crippen LogP contribution in [0.2, 0.25) is 0 Å². The molecule has 0 fully saturated rings. The fourth-order valence-electron chi connectivity index (χ4n) is 2.81. The maximum atomic E-state index is 13.4. The molecule has 0 amide bonds. The van der Waals surface area contributed by atoms with Crippen molar-refractivity contribution >= 4 is 31.4 Å². The Balaban J connectivity index is 2.02. The van der Waals surface area contributed by atoms with Crippen LogP contribution in [0.15, 0.2) is 76.0 Å². The number of hydrogen-bond donors (Lipinski definition) is 0. The van der Waals surface area contributed by atoms with Crippen molar-refractivity contribution in [2.24, 2.45) is 0 Å². The Morgan fingerprint density at radius 3 is 2.35 bits per heavy atom. The minimum absolute atomic E-state index is 0.224. The monoisotopic (exact) mass is 383 g/mol. The van der Waals surface area contributed by atoms with Crippen LogP contribution in [0.1, 0.15) is 5.56 Å². The van der Waals surface area contributed by atoms with E-state index in [2.05, 4.69) is 4.98 Å². The number of pyridine rings is 1. The van der Waals surface area contributed by atoms with Crippen LogP contribution in [0.5, 0.6) is 0 Å². The molecule has 0 saturated heterocycles. The van der Waals surface area contributed by atoms with Crippen LogP contribution in [0, 0.1) is 12.7 Å². The van der Waals surface area contributed by atoms with Crippen LogP contribution in [-0.2, 0) is 9.84 Å². The van der Waals surface area contributed by atoms with Gasteiger partial charge in [-0.15, -0.1) is 11.3 Å². The van der Waals surface area contributed by atoms with Gasteiger partial charge in [-0.2, -0.15) is 0 Å². The minimum Gasteiger partial charge on any atom is -0.245 e. The van der Waals surface area contributed by atoms with E-state index in [4.69, 9.17) is 0 Å². The zero-order valence-electron chi connectivity index (χ0n) is 13.8. The normalized spacial score (nSPS) is 11.8. The predicted octanol–water partition coefficient (Wildman–Crippen LogP) is 5.24. The fraction of sp³-hybridized carbons (Fsp3) is 0.0500. The molecule has 0 aliphatic heterocycles. The van der Waals surface area contributed by atoms with Crippen LogP contribution in [-0.4, -0.2) is 13.4 Å². The van der Waals surface area contributed by atoms with Crippen molar-refractivity contribution in [2.75, 3.05) is 0 Å². The SMILES string of the molecule is Cc1ccc(S(=O)(=O)c2sc3ncccc3c2-c2ccc(F)cc2)cc1. The molecular weight excluding hydrogens is 369 g/mol. The predicted molar refractivity (Wildman–Crippen MR) is 102 cm³/mol. The van der Waals surface area contributed by atoms with Crippen molar-refractivity contribution in [1.82, 2.24) is 4.98 Å². The first kappa shape index (κ1) is 16.9. The van der Waals surface area contributed by atoms with E-state index in [1.807, 2.05) is 13.0 Å². The van der Waals surface area contributed by atoms with Gasteiger partial charge in [0, 0.05) is 17.1 Å². The molecule has 2 heterocycles. The van der Waals surface area contributed by atoms with E-state index < -0.39 is 9.84 Å². The molecule has 0 spiro atoms. The molecule has 130 valence electrons. The van der Waals surface area contributed by atoms with Crippen molar-refractivity contribution in [3.63, 3.8) is 0 Å². The standard InChI is InChI=1S/C20H14FNO2S2/c1-13-4-10-16(11-5-13)26(23,24)20-18(14-6-8-15(21)9-7-14)17-3-2-12-22-19(17)25-20/h2-12H,1H3. The van der Waals surface area contributed by atoms with Gasteiger partial charge in [0.15, 0.2) is 0 Å². The zero-order valence-corrected chi connectivity index (χ0v) is 15.4. The summed E-state index contributed by atoms with van der Waals surface area (Å²) in [5, 5.41) is 0.745. The van der Waals surface area contributed by atoms with E-state index in [9.17, 15) is 12.8 Å². The Morgan fingerprint density at radius 1 is 0.962 bits per heavy atom. The van der Waals surface area contributed by atoms with Gasteiger partial charge in [0.05, 0.1) is 4.90 Å². The summed E-state index contributed by atoms with van der Waals surface area (Å²) >= 11 is 1.14. The van der Waals surface area contributed by atoms with Crippen molar-refractivity contribution in [3.05, 3.63) is 78.2 Å². The Kier molecular flexibility index (Phi) is 4.09. The Labute approximate surface area is 154 Å². The number of aromatic nitrogens is 1. The van der Waals surface area contributed by atoms with Crippen LogP contribution < -0.4 is 0 Å². The van der Waals surface area contributed by atoms with Crippen molar-refractivity contribution in [1.29, 1.82) is 0 Å². The van der Waals surface area contributed by atoms with Crippen LogP contribution >= 0.6 is 11.3 Å². The number of hydrogen-bond acceptors (Lipinski definition) is 4. The van der Waals surface area contributed by atoms with Gasteiger partial charge >= 0.3 is 0 Å². The highest BCUT2D eigenvalue weighted by Crippen LogP contribution is 2.42. The summed E-state index contributed by atoms with van der Waals surface area (Å²) in [5.41, 5.74) is 2.20. The molecule has 2 aromatic carbocycles. The highest BCUT2D eigenvalue weighted by atomic mass is 32.2. The number of nitrogens with zero attached hydrogens (tertiary/aromatic N) is 1. The zero-order chi connectivity index (χ0) is 18.3. The van der Waals surface area contributed by atoms with E-state index in [1.54, 1.807) is 48.7 Å². The first-order chi connectivity index (χ1) is 12.5. The molecule has 0 radical (unpaired) electrons. The fourth-order valence-corrected chi connectivity index (χ4v) is 5.88. The number of rotatable bonds is 3. The summed E-state index contributed by atoms with van der Waals surface area (Å²) in [7, 11) is -3.72. The van der Waals surface area contributed by atoms with Crippen molar-refractivity contribution in [3.8, 4) is 11.1 Å². The Bertz CT molecular complexity index is 1200. The van der Waals surface area contributed by atoms with E-state index in [1.165, 1.54) is 12.1 Å². The van der Waals surface area contributed by atoms with Crippen LogP contribution in [0.25, 0.3) is 21.3 Å². The first-order valence-electron chi connectivity index (χ1n) is 7.92. The molecule has 0 aliphatic carbocycles. The summed E-state index contributed by atoms with van der Waals surface area (Å²) in [5.74, 6) is -0.366. The maximum Gasteiger partial charge on any atom is 0.216 e. The van der Waals surface area contributed by atoms with E-state index in [-0.39, 0.29) is 14.9 Å². The largest absolute Gasteiger partial charge is 0.245 e. The molecule has 26 heavy (non-hydrogen) atoms. The Morgan fingerprint density at radius 2 is 1.65 bits per heavy atom. The number of halogens is 1. The molecular formula is C20H14FNO2S2. The first-order valence-corrected chi connectivity index (χ1v) is 10.2. The summed E-state index contributed by atoms with van der Waals surface area (Å²) < 4.78 is 40.1. The molecule has 0 saturated carbocycles. The number of fused-ring (bicyclic) bond motifs is 1. The lowest BCUT2D eigenvalue weighted by atomic mass is 10.1. The second-order valence-corrected chi connectivity index (χ2v) is 9.09. The van der Waals surface area contributed by atoms with E-state index in [0.717, 1.165) is 22.3 Å².